The van der Waals surface area contributed by atoms with Crippen LogP contribution in [-0.4, -0.2) is 47.2 Å². The first-order valence-corrected chi connectivity index (χ1v) is 6.52. The van der Waals surface area contributed by atoms with Gasteiger partial charge in [0.2, 0.25) is 5.91 Å². The highest BCUT2D eigenvalue weighted by Gasteiger charge is 2.19. The lowest BCUT2D eigenvalue weighted by Crippen LogP contribution is -2.45. The van der Waals surface area contributed by atoms with Crippen molar-refractivity contribution in [2.75, 3.05) is 19.6 Å². The number of hydrogen-bond acceptors (Lipinski definition) is 3. The summed E-state index contributed by atoms with van der Waals surface area (Å²) in [5.41, 5.74) is -0.759. The van der Waals surface area contributed by atoms with Crippen molar-refractivity contribution in [3.8, 4) is 0 Å². The summed E-state index contributed by atoms with van der Waals surface area (Å²) in [6.45, 7) is 11.3. The lowest BCUT2D eigenvalue weighted by molar-refractivity contribution is -0.123. The maximum Gasteiger partial charge on any atom is 0.234 e. The van der Waals surface area contributed by atoms with Gasteiger partial charge in [-0.1, -0.05) is 20.3 Å². The van der Waals surface area contributed by atoms with Gasteiger partial charge in [0.1, 0.15) is 0 Å². The molecule has 1 unspecified atom stereocenters. The molecule has 102 valence electrons. The van der Waals surface area contributed by atoms with Crippen LogP contribution < -0.4 is 5.32 Å². The van der Waals surface area contributed by atoms with Crippen LogP contribution >= 0.6 is 0 Å². The molecule has 0 rings (SSSR count). The fourth-order valence-electron chi connectivity index (χ4n) is 1.86. The van der Waals surface area contributed by atoms with Crippen molar-refractivity contribution >= 4 is 5.91 Å². The third-order valence-corrected chi connectivity index (χ3v) is 2.55. The average Bonchev–Trinajstić information content (AvgIpc) is 2.14. The number of likely N-dealkylation sites (N-methyl/N-ethyl adjacent to an activating group) is 1. The summed E-state index contributed by atoms with van der Waals surface area (Å²) < 4.78 is 0. The van der Waals surface area contributed by atoms with E-state index in [4.69, 9.17) is 0 Å². The van der Waals surface area contributed by atoms with Crippen molar-refractivity contribution < 1.29 is 9.90 Å². The van der Waals surface area contributed by atoms with E-state index in [0.717, 1.165) is 19.4 Å². The number of hydrogen-bond donors (Lipinski definition) is 2. The Kier molecular flexibility index (Phi) is 7.39. The Morgan fingerprint density at radius 2 is 2.00 bits per heavy atom. The van der Waals surface area contributed by atoms with E-state index in [1.165, 1.54) is 0 Å². The van der Waals surface area contributed by atoms with Crippen LogP contribution in [0.15, 0.2) is 0 Å². The zero-order chi connectivity index (χ0) is 13.5. The van der Waals surface area contributed by atoms with Crippen molar-refractivity contribution in [2.45, 2.75) is 59.1 Å². The van der Waals surface area contributed by atoms with Crippen LogP contribution in [0.3, 0.4) is 0 Å². The highest BCUT2D eigenvalue weighted by atomic mass is 16.3. The molecule has 0 aliphatic heterocycles. The fraction of sp³-hybridized carbons (Fsp3) is 0.923. The van der Waals surface area contributed by atoms with E-state index in [1.807, 2.05) is 18.7 Å². The van der Waals surface area contributed by atoms with Gasteiger partial charge in [-0.15, -0.1) is 0 Å². The first-order chi connectivity index (χ1) is 7.78. The number of nitrogens with one attached hydrogen (secondary N) is 1. The van der Waals surface area contributed by atoms with Crippen LogP contribution in [0.5, 0.6) is 0 Å². The van der Waals surface area contributed by atoms with E-state index < -0.39 is 5.60 Å². The molecule has 0 saturated carbocycles. The lowest BCUT2D eigenvalue weighted by Gasteiger charge is -2.27. The van der Waals surface area contributed by atoms with Crippen LogP contribution in [0, 0.1) is 0 Å². The molecule has 0 heterocycles. The molecule has 4 heteroatoms. The molecule has 0 aliphatic carbocycles. The molecule has 0 fully saturated rings. The molecule has 0 aromatic heterocycles. The van der Waals surface area contributed by atoms with Crippen molar-refractivity contribution in [3.05, 3.63) is 0 Å². The van der Waals surface area contributed by atoms with Gasteiger partial charge in [0.25, 0.3) is 0 Å². The minimum Gasteiger partial charge on any atom is -0.389 e. The highest BCUT2D eigenvalue weighted by Crippen LogP contribution is 2.04. The van der Waals surface area contributed by atoms with E-state index in [0.29, 0.717) is 13.1 Å². The van der Waals surface area contributed by atoms with Crippen LogP contribution in [0.2, 0.25) is 0 Å². The zero-order valence-corrected chi connectivity index (χ0v) is 11.9. The number of nitrogens with zero attached hydrogens (tertiary/aromatic N) is 1. The first-order valence-electron chi connectivity index (χ1n) is 6.52. The van der Waals surface area contributed by atoms with Crippen molar-refractivity contribution in [2.24, 2.45) is 0 Å². The summed E-state index contributed by atoms with van der Waals surface area (Å²) in [6, 6.07) is 0.230. The Balaban J connectivity index is 4.06. The second-order valence-electron chi connectivity index (χ2n) is 5.37. The summed E-state index contributed by atoms with van der Waals surface area (Å²) in [5, 5.41) is 12.7. The number of carbonyl (C=O) groups is 1. The van der Waals surface area contributed by atoms with Crippen molar-refractivity contribution in [3.63, 3.8) is 0 Å². The summed E-state index contributed by atoms with van der Waals surface area (Å²) in [6.07, 6.45) is 2.08. The Morgan fingerprint density at radius 3 is 2.41 bits per heavy atom. The lowest BCUT2D eigenvalue weighted by atomic mass is 10.1. The number of aliphatic hydroxyl groups is 1. The third kappa shape index (κ3) is 9.12. The van der Waals surface area contributed by atoms with Crippen molar-refractivity contribution in [1.29, 1.82) is 0 Å². The van der Waals surface area contributed by atoms with Gasteiger partial charge < -0.3 is 10.4 Å². The second kappa shape index (κ2) is 7.67. The van der Waals surface area contributed by atoms with Crippen molar-refractivity contribution in [1.82, 2.24) is 10.2 Å². The molecule has 17 heavy (non-hydrogen) atoms. The molecule has 1 amide bonds. The Morgan fingerprint density at radius 1 is 1.41 bits per heavy atom. The smallest absolute Gasteiger partial charge is 0.234 e. The molecule has 0 aromatic carbocycles. The van der Waals surface area contributed by atoms with Gasteiger partial charge in [-0.2, -0.15) is 0 Å². The summed E-state index contributed by atoms with van der Waals surface area (Å²) in [7, 11) is 0. The molecule has 1 atom stereocenters. The quantitative estimate of drug-likeness (QED) is 0.678. The highest BCUT2D eigenvalue weighted by molar-refractivity contribution is 5.78. The number of amides is 1. The van der Waals surface area contributed by atoms with Gasteiger partial charge >= 0.3 is 0 Å². The van der Waals surface area contributed by atoms with Crippen LogP contribution in [0.4, 0.5) is 0 Å². The molecule has 0 aromatic rings. The second-order valence-corrected chi connectivity index (χ2v) is 5.37. The van der Waals surface area contributed by atoms with E-state index in [2.05, 4.69) is 12.2 Å². The molecule has 0 saturated heterocycles. The van der Waals surface area contributed by atoms with Gasteiger partial charge in [0, 0.05) is 12.6 Å². The SMILES string of the molecule is CCCC(C)NC(=O)CN(CC)CC(C)(C)O. The molecule has 0 aliphatic rings. The fourth-order valence-corrected chi connectivity index (χ4v) is 1.86. The van der Waals surface area contributed by atoms with Crippen LogP contribution in [0.25, 0.3) is 0 Å². The first kappa shape index (κ1) is 16.4. The summed E-state index contributed by atoms with van der Waals surface area (Å²) >= 11 is 0. The maximum atomic E-state index is 11.7. The molecule has 0 spiro atoms. The monoisotopic (exact) mass is 244 g/mol. The largest absolute Gasteiger partial charge is 0.389 e. The normalized spacial score (nSPS) is 13.8. The predicted octanol–water partition coefficient (Wildman–Crippen LogP) is 1.38. The Labute approximate surface area is 105 Å². The number of rotatable bonds is 8. The summed E-state index contributed by atoms with van der Waals surface area (Å²) in [4.78, 5) is 13.7. The van der Waals surface area contributed by atoms with Gasteiger partial charge in [0.05, 0.1) is 12.1 Å². The van der Waals surface area contributed by atoms with Gasteiger partial charge in [0.15, 0.2) is 0 Å². The zero-order valence-electron chi connectivity index (χ0n) is 11.9. The van der Waals surface area contributed by atoms with Gasteiger partial charge in [-0.3, -0.25) is 9.69 Å². The minimum absolute atomic E-state index is 0.0389. The van der Waals surface area contributed by atoms with E-state index in [-0.39, 0.29) is 11.9 Å². The molecule has 4 nitrogen and oxygen atoms in total. The van der Waals surface area contributed by atoms with E-state index in [1.54, 1.807) is 13.8 Å². The van der Waals surface area contributed by atoms with Gasteiger partial charge in [-0.25, -0.2) is 0 Å². The minimum atomic E-state index is -0.759. The summed E-state index contributed by atoms with van der Waals surface area (Å²) in [5.74, 6) is 0.0389. The topological polar surface area (TPSA) is 52.6 Å². The Hall–Kier alpha value is -0.610. The molecule has 2 N–H and O–H groups in total. The molecular weight excluding hydrogens is 216 g/mol. The van der Waals surface area contributed by atoms with E-state index in [9.17, 15) is 9.90 Å². The van der Waals surface area contributed by atoms with Crippen LogP contribution in [0.1, 0.15) is 47.5 Å². The van der Waals surface area contributed by atoms with Crippen LogP contribution in [-0.2, 0) is 4.79 Å². The standard InChI is InChI=1S/C13H28N2O2/c1-6-8-11(3)14-12(16)9-15(7-2)10-13(4,5)17/h11,17H,6-10H2,1-5H3,(H,14,16). The average molecular weight is 244 g/mol. The maximum absolute atomic E-state index is 11.7. The van der Waals surface area contributed by atoms with Gasteiger partial charge in [-0.05, 0) is 33.7 Å². The molecule has 0 bridgehead atoms. The molecule has 0 radical (unpaired) electrons. The predicted molar refractivity (Wildman–Crippen MR) is 70.9 cm³/mol. The van der Waals surface area contributed by atoms with E-state index >= 15 is 0 Å². The third-order valence-electron chi connectivity index (χ3n) is 2.55. The number of carbonyl (C=O) groups excluding carboxylic acids is 1. The Bertz CT molecular complexity index is 224. The molecular formula is C13H28N2O2.